The predicted molar refractivity (Wildman–Crippen MR) is 19.4 cm³/mol. The first-order chi connectivity index (χ1) is 3.66. The Hall–Kier alpha value is -1.13. The second-order valence-corrected chi connectivity index (χ2v) is 0.781. The van der Waals surface area contributed by atoms with Crippen LogP contribution in [-0.4, -0.2) is 11.3 Å². The molecule has 0 saturated carbocycles. The molecule has 1 N–H and O–H groups in total. The number of hydrogen-bond donors (Lipinski definition) is 1. The molecule has 0 aromatic heterocycles. The largest absolute Gasteiger partial charge is 0.513 e. The summed E-state index contributed by atoms with van der Waals surface area (Å²) in [5.41, 5.74) is 0. The minimum Gasteiger partial charge on any atom is -0.449 e. The Morgan fingerprint density at radius 2 is 2.25 bits per heavy atom. The second kappa shape index (κ2) is 2.95. The fourth-order valence-electron chi connectivity index (χ4n) is 0.106. The van der Waals surface area contributed by atoms with E-state index in [0.29, 0.717) is 0 Å². The molecule has 0 amide bonds. The number of rotatable bonds is 1. The average Bonchev–Trinajstić information content (AvgIpc) is 1.65. The maximum atomic E-state index is 11.3. The van der Waals surface area contributed by atoms with Crippen LogP contribution in [0, 0.1) is 0 Å². The SMILES string of the molecule is O=C(O)O/C(F)=C/F. The molecule has 5 heteroatoms. The third kappa shape index (κ3) is 3.08. The molecule has 0 aromatic rings. The summed E-state index contributed by atoms with van der Waals surface area (Å²) in [6, 6.07) is -1.77. The lowest BCUT2D eigenvalue weighted by atomic mass is 11.0. The molecule has 8 heavy (non-hydrogen) atoms. The minimum absolute atomic E-state index is 0.589. The number of carbonyl (C=O) groups is 1. The highest BCUT2D eigenvalue weighted by Crippen LogP contribution is 1.97. The van der Waals surface area contributed by atoms with Gasteiger partial charge in [-0.05, 0) is 0 Å². The summed E-state index contributed by atoms with van der Waals surface area (Å²) in [7, 11) is 0. The van der Waals surface area contributed by atoms with Crippen LogP contribution < -0.4 is 0 Å². The number of hydrogen-bond acceptors (Lipinski definition) is 2. The van der Waals surface area contributed by atoms with Gasteiger partial charge in [0, 0.05) is 0 Å². The van der Waals surface area contributed by atoms with E-state index in [4.69, 9.17) is 5.11 Å². The summed E-state index contributed by atoms with van der Waals surface area (Å²) < 4.78 is 25.2. The maximum absolute atomic E-state index is 11.3. The zero-order valence-corrected chi connectivity index (χ0v) is 3.60. The first-order valence-corrected chi connectivity index (χ1v) is 1.53. The predicted octanol–water partition coefficient (Wildman–Crippen LogP) is 1.42. The summed E-state index contributed by atoms with van der Waals surface area (Å²) in [6.45, 7) is 0. The van der Waals surface area contributed by atoms with Crippen LogP contribution in [0.25, 0.3) is 0 Å². The fourth-order valence-corrected chi connectivity index (χ4v) is 0.106. The molecular formula is C3H2F2O3. The van der Waals surface area contributed by atoms with Crippen LogP contribution in [0.4, 0.5) is 13.6 Å². The second-order valence-electron chi connectivity index (χ2n) is 0.781. The summed E-state index contributed by atoms with van der Waals surface area (Å²) in [4.78, 5) is 9.30. The van der Waals surface area contributed by atoms with Gasteiger partial charge in [0.05, 0.1) is 0 Å². The van der Waals surface area contributed by atoms with Gasteiger partial charge in [-0.15, -0.1) is 0 Å². The van der Waals surface area contributed by atoms with Crippen molar-refractivity contribution in [2.45, 2.75) is 0 Å². The molecule has 0 bridgehead atoms. The van der Waals surface area contributed by atoms with Crippen molar-refractivity contribution in [3.05, 3.63) is 12.3 Å². The van der Waals surface area contributed by atoms with E-state index in [9.17, 15) is 13.6 Å². The third-order valence-electron chi connectivity index (χ3n) is 0.271. The molecule has 0 spiro atoms. The van der Waals surface area contributed by atoms with Gasteiger partial charge in [0.2, 0.25) is 0 Å². The van der Waals surface area contributed by atoms with Crippen molar-refractivity contribution >= 4 is 6.16 Å². The fraction of sp³-hybridized carbons (Fsp3) is 0. The van der Waals surface area contributed by atoms with Gasteiger partial charge < -0.3 is 9.84 Å². The molecule has 0 aliphatic carbocycles. The third-order valence-corrected chi connectivity index (χ3v) is 0.271. The Morgan fingerprint density at radius 1 is 1.75 bits per heavy atom. The summed E-state index contributed by atoms with van der Waals surface area (Å²) >= 11 is 0. The van der Waals surface area contributed by atoms with Gasteiger partial charge in [-0.1, -0.05) is 0 Å². The van der Waals surface area contributed by atoms with Crippen molar-refractivity contribution in [2.24, 2.45) is 0 Å². The van der Waals surface area contributed by atoms with Crippen LogP contribution in [-0.2, 0) is 4.74 Å². The quantitative estimate of drug-likeness (QED) is 0.424. The van der Waals surface area contributed by atoms with Crippen LogP contribution >= 0.6 is 0 Å². The van der Waals surface area contributed by atoms with Gasteiger partial charge in [-0.2, -0.15) is 4.39 Å². The Kier molecular flexibility index (Phi) is 2.53. The molecule has 0 saturated heterocycles. The van der Waals surface area contributed by atoms with E-state index in [1.165, 1.54) is 0 Å². The number of carboxylic acid groups (broad SMARTS) is 1. The van der Waals surface area contributed by atoms with Crippen LogP contribution in [0.2, 0.25) is 0 Å². The van der Waals surface area contributed by atoms with Crippen LogP contribution in [0.15, 0.2) is 12.3 Å². The molecule has 0 aromatic carbocycles. The van der Waals surface area contributed by atoms with Gasteiger partial charge in [-0.25, -0.2) is 9.18 Å². The smallest absolute Gasteiger partial charge is 0.449 e. The first-order valence-electron chi connectivity index (χ1n) is 1.53. The van der Waals surface area contributed by atoms with Gasteiger partial charge in [0.1, 0.15) is 0 Å². The maximum Gasteiger partial charge on any atom is 0.513 e. The highest BCUT2D eigenvalue weighted by atomic mass is 19.2. The van der Waals surface area contributed by atoms with Crippen LogP contribution in [0.1, 0.15) is 0 Å². The van der Waals surface area contributed by atoms with E-state index in [1.54, 1.807) is 0 Å². The van der Waals surface area contributed by atoms with Crippen molar-refractivity contribution in [1.82, 2.24) is 0 Å². The zero-order valence-electron chi connectivity index (χ0n) is 3.60. The minimum atomic E-state index is -1.88. The zero-order chi connectivity index (χ0) is 6.57. The van der Waals surface area contributed by atoms with E-state index >= 15 is 0 Å². The standard InChI is InChI=1S/C3H2F2O3/c4-1-2(5)8-3(6)7/h1H,(H,6,7)/b2-1+. The molecule has 3 nitrogen and oxygen atoms in total. The normalized spacial score (nSPS) is 11.0. The van der Waals surface area contributed by atoms with Crippen LogP contribution in [0.5, 0.6) is 0 Å². The summed E-state index contributed by atoms with van der Waals surface area (Å²) in [5, 5.41) is 7.55. The Bertz CT molecular complexity index is 120. The lowest BCUT2D eigenvalue weighted by Crippen LogP contribution is -1.95. The topological polar surface area (TPSA) is 46.5 Å². The molecule has 0 heterocycles. The van der Waals surface area contributed by atoms with Gasteiger partial charge >= 0.3 is 12.2 Å². The van der Waals surface area contributed by atoms with Crippen LogP contribution in [0.3, 0.4) is 0 Å². The monoisotopic (exact) mass is 124 g/mol. The van der Waals surface area contributed by atoms with E-state index in [-0.39, 0.29) is 0 Å². The van der Waals surface area contributed by atoms with Crippen molar-refractivity contribution in [2.75, 3.05) is 0 Å². The average molecular weight is 124 g/mol. The molecule has 0 aliphatic heterocycles. The highest BCUT2D eigenvalue weighted by molar-refractivity contribution is 5.57. The molecule has 0 unspecified atom stereocenters. The van der Waals surface area contributed by atoms with E-state index in [2.05, 4.69) is 4.74 Å². The number of halogens is 2. The van der Waals surface area contributed by atoms with Crippen molar-refractivity contribution in [1.29, 1.82) is 0 Å². The van der Waals surface area contributed by atoms with E-state index in [0.717, 1.165) is 0 Å². The van der Waals surface area contributed by atoms with E-state index in [1.807, 2.05) is 0 Å². The molecular weight excluding hydrogens is 122 g/mol. The summed E-state index contributed by atoms with van der Waals surface area (Å²) in [6.07, 6.45) is -2.47. The number of ether oxygens (including phenoxy) is 1. The molecule has 0 atom stereocenters. The van der Waals surface area contributed by atoms with Gasteiger partial charge in [0.15, 0.2) is 6.33 Å². The van der Waals surface area contributed by atoms with Crippen molar-refractivity contribution in [3.63, 3.8) is 0 Å². The summed E-state index contributed by atoms with van der Waals surface area (Å²) in [5.74, 6) is 0. The van der Waals surface area contributed by atoms with Crippen molar-refractivity contribution in [3.8, 4) is 0 Å². The Balaban J connectivity index is 3.56. The first kappa shape index (κ1) is 6.87. The van der Waals surface area contributed by atoms with E-state index < -0.39 is 18.5 Å². The molecule has 0 aliphatic rings. The lowest BCUT2D eigenvalue weighted by Gasteiger charge is -1.88. The molecule has 0 radical (unpaired) electrons. The lowest BCUT2D eigenvalue weighted by molar-refractivity contribution is 0.0960. The molecule has 0 rings (SSSR count). The Morgan fingerprint density at radius 3 is 2.38 bits per heavy atom. The highest BCUT2D eigenvalue weighted by Gasteiger charge is 2.00. The molecule has 0 fully saturated rings. The molecule has 46 valence electrons. The Labute approximate surface area is 43.2 Å². The van der Waals surface area contributed by atoms with Gasteiger partial charge in [0.25, 0.3) is 0 Å². The van der Waals surface area contributed by atoms with Gasteiger partial charge in [-0.3, -0.25) is 0 Å². The van der Waals surface area contributed by atoms with Crippen molar-refractivity contribution < 1.29 is 23.4 Å².